The summed E-state index contributed by atoms with van der Waals surface area (Å²) in [5, 5.41) is 9.66. The van der Waals surface area contributed by atoms with E-state index in [1.807, 2.05) is 18.2 Å². The third-order valence-corrected chi connectivity index (χ3v) is 2.79. The highest BCUT2D eigenvalue weighted by Crippen LogP contribution is 2.31. The number of allylic oxidation sites excluding steroid dienone is 1. The molecule has 0 saturated carbocycles. The summed E-state index contributed by atoms with van der Waals surface area (Å²) in [6, 6.07) is 7.33. The molecule has 4 heteroatoms. The maximum Gasteiger partial charge on any atom is 0.338 e. The fourth-order valence-corrected chi connectivity index (χ4v) is 1.95. The molecule has 4 nitrogen and oxygen atoms in total. The molecule has 1 aromatic carbocycles. The number of carbonyl (C=O) groups is 1. The molecule has 1 aromatic rings. The number of hydrogen-bond acceptors (Lipinski definition) is 2. The second-order valence-corrected chi connectivity index (χ2v) is 3.81. The van der Waals surface area contributed by atoms with E-state index in [2.05, 4.69) is 12.1 Å². The number of aryl methyl sites for hydroxylation is 1. The third kappa shape index (κ3) is 2.06. The number of nitrogens with two attached hydrogens (primary N) is 1. The van der Waals surface area contributed by atoms with Crippen molar-refractivity contribution in [3.05, 3.63) is 41.5 Å². The number of rotatable bonds is 2. The van der Waals surface area contributed by atoms with Crippen LogP contribution in [-0.2, 0) is 6.42 Å². The molecule has 84 valence electrons. The second kappa shape index (κ2) is 4.37. The molecule has 0 radical (unpaired) electrons. The van der Waals surface area contributed by atoms with E-state index in [0.29, 0.717) is 5.06 Å². The van der Waals surface area contributed by atoms with Crippen LogP contribution in [0.1, 0.15) is 17.5 Å². The lowest BCUT2D eigenvalue weighted by Crippen LogP contribution is -2.32. The van der Waals surface area contributed by atoms with Crippen LogP contribution in [0.25, 0.3) is 5.57 Å². The number of hydrogen-bond donors (Lipinski definition) is 2. The van der Waals surface area contributed by atoms with E-state index in [1.54, 1.807) is 0 Å². The Labute approximate surface area is 93.9 Å². The maximum absolute atomic E-state index is 10.6. The molecule has 0 fully saturated rings. The molecule has 0 saturated heterocycles. The van der Waals surface area contributed by atoms with Crippen LogP contribution in [0.4, 0.5) is 4.79 Å². The molecule has 0 heterocycles. The summed E-state index contributed by atoms with van der Waals surface area (Å²) >= 11 is 0. The summed E-state index contributed by atoms with van der Waals surface area (Å²) < 4.78 is 0. The first-order valence-electron chi connectivity index (χ1n) is 5.21. The number of hydroxylamine groups is 2. The van der Waals surface area contributed by atoms with Crippen molar-refractivity contribution in [3.63, 3.8) is 0 Å². The number of fused-ring (bicyclic) bond motifs is 1. The number of benzene rings is 1. The van der Waals surface area contributed by atoms with Gasteiger partial charge in [-0.1, -0.05) is 30.3 Å². The van der Waals surface area contributed by atoms with Crippen molar-refractivity contribution in [1.29, 1.82) is 0 Å². The van der Waals surface area contributed by atoms with Gasteiger partial charge in [0.2, 0.25) is 0 Å². The summed E-state index contributed by atoms with van der Waals surface area (Å²) in [4.78, 5) is 10.6. The van der Waals surface area contributed by atoms with E-state index in [-0.39, 0.29) is 6.54 Å². The zero-order valence-corrected chi connectivity index (χ0v) is 8.89. The van der Waals surface area contributed by atoms with Crippen LogP contribution < -0.4 is 5.73 Å². The lowest BCUT2D eigenvalue weighted by atomic mass is 10.1. The Morgan fingerprint density at radius 1 is 1.44 bits per heavy atom. The van der Waals surface area contributed by atoms with Gasteiger partial charge in [-0.05, 0) is 29.5 Å². The topological polar surface area (TPSA) is 66.6 Å². The van der Waals surface area contributed by atoms with Gasteiger partial charge in [-0.15, -0.1) is 0 Å². The predicted octanol–water partition coefficient (Wildman–Crippen LogP) is 1.79. The zero-order chi connectivity index (χ0) is 11.5. The Balaban J connectivity index is 2.13. The Morgan fingerprint density at radius 2 is 2.19 bits per heavy atom. The number of amides is 2. The molecule has 2 amide bonds. The molecule has 1 aliphatic carbocycles. The van der Waals surface area contributed by atoms with E-state index < -0.39 is 6.03 Å². The number of urea groups is 1. The molecule has 0 aliphatic heterocycles. The summed E-state index contributed by atoms with van der Waals surface area (Å²) in [5.41, 5.74) is 8.61. The summed E-state index contributed by atoms with van der Waals surface area (Å²) in [5.74, 6) is 0. The van der Waals surface area contributed by atoms with Crippen molar-refractivity contribution in [2.45, 2.75) is 12.8 Å². The Kier molecular flexibility index (Phi) is 2.92. The van der Waals surface area contributed by atoms with Crippen LogP contribution in [0.2, 0.25) is 0 Å². The number of primary amides is 1. The monoisotopic (exact) mass is 218 g/mol. The smallest absolute Gasteiger partial charge is 0.338 e. The molecule has 1 aliphatic rings. The lowest BCUT2D eigenvalue weighted by molar-refractivity contribution is -0.0287. The van der Waals surface area contributed by atoms with Gasteiger partial charge in [0.25, 0.3) is 0 Å². The van der Waals surface area contributed by atoms with E-state index in [4.69, 9.17) is 10.9 Å². The largest absolute Gasteiger partial charge is 0.350 e. The van der Waals surface area contributed by atoms with Crippen LogP contribution in [0.3, 0.4) is 0 Å². The van der Waals surface area contributed by atoms with Gasteiger partial charge in [0.1, 0.15) is 0 Å². The third-order valence-electron chi connectivity index (χ3n) is 2.79. The average molecular weight is 218 g/mol. The van der Waals surface area contributed by atoms with Gasteiger partial charge in [0.15, 0.2) is 0 Å². The van der Waals surface area contributed by atoms with Crippen molar-refractivity contribution < 1.29 is 10.0 Å². The average Bonchev–Trinajstić information content (AvgIpc) is 2.69. The van der Waals surface area contributed by atoms with Crippen LogP contribution in [-0.4, -0.2) is 22.8 Å². The Hall–Kier alpha value is -1.81. The van der Waals surface area contributed by atoms with Gasteiger partial charge in [0, 0.05) is 0 Å². The highest BCUT2D eigenvalue weighted by molar-refractivity contribution is 5.74. The molecule has 0 aromatic heterocycles. The molecule has 3 N–H and O–H groups in total. The molecule has 0 unspecified atom stereocenters. The van der Waals surface area contributed by atoms with Gasteiger partial charge in [-0.25, -0.2) is 9.86 Å². The summed E-state index contributed by atoms with van der Waals surface area (Å²) in [6.07, 6.45) is 3.81. The molecule has 0 spiro atoms. The second-order valence-electron chi connectivity index (χ2n) is 3.81. The minimum absolute atomic E-state index is 0.138. The van der Waals surface area contributed by atoms with Gasteiger partial charge in [-0.3, -0.25) is 5.21 Å². The fourth-order valence-electron chi connectivity index (χ4n) is 1.95. The summed E-state index contributed by atoms with van der Waals surface area (Å²) in [6.45, 7) is 0.138. The van der Waals surface area contributed by atoms with Crippen molar-refractivity contribution in [2.24, 2.45) is 5.73 Å². The van der Waals surface area contributed by atoms with Crippen LogP contribution in [0, 0.1) is 0 Å². The SMILES string of the molecule is NC(=O)N(O)C/C=C1/CCc2ccccc21. The van der Waals surface area contributed by atoms with Gasteiger partial charge in [-0.2, -0.15) is 0 Å². The van der Waals surface area contributed by atoms with Gasteiger partial charge in [0.05, 0.1) is 6.54 Å². The molecule has 2 rings (SSSR count). The van der Waals surface area contributed by atoms with Crippen molar-refractivity contribution in [1.82, 2.24) is 5.06 Å². The minimum atomic E-state index is -0.830. The zero-order valence-electron chi connectivity index (χ0n) is 8.89. The van der Waals surface area contributed by atoms with Crippen molar-refractivity contribution in [2.75, 3.05) is 6.54 Å². The standard InChI is InChI=1S/C12H14N2O2/c13-12(15)14(16)8-7-10-6-5-9-3-1-2-4-11(9)10/h1-4,7,16H,5-6,8H2,(H2,13,15)/b10-7-. The van der Waals surface area contributed by atoms with E-state index in [9.17, 15) is 4.79 Å². The van der Waals surface area contributed by atoms with Crippen LogP contribution in [0.15, 0.2) is 30.3 Å². The molecular formula is C12H14N2O2. The van der Waals surface area contributed by atoms with E-state index >= 15 is 0 Å². The quantitative estimate of drug-likeness (QED) is 0.587. The first-order chi connectivity index (χ1) is 7.68. The first-order valence-corrected chi connectivity index (χ1v) is 5.21. The van der Waals surface area contributed by atoms with Crippen LogP contribution in [0.5, 0.6) is 0 Å². The fraction of sp³-hybridized carbons (Fsp3) is 0.250. The van der Waals surface area contributed by atoms with E-state index in [0.717, 1.165) is 18.4 Å². The molecule has 0 bridgehead atoms. The summed E-state index contributed by atoms with van der Waals surface area (Å²) in [7, 11) is 0. The van der Waals surface area contributed by atoms with Crippen LogP contribution >= 0.6 is 0 Å². The van der Waals surface area contributed by atoms with Crippen molar-refractivity contribution >= 4 is 11.6 Å². The number of carbonyl (C=O) groups excluding carboxylic acids is 1. The number of nitrogens with zero attached hydrogens (tertiary/aromatic N) is 1. The van der Waals surface area contributed by atoms with Gasteiger partial charge < -0.3 is 5.73 Å². The highest BCUT2D eigenvalue weighted by Gasteiger charge is 2.15. The van der Waals surface area contributed by atoms with E-state index in [1.165, 1.54) is 11.1 Å². The lowest BCUT2D eigenvalue weighted by Gasteiger charge is -2.09. The predicted molar refractivity (Wildman–Crippen MR) is 60.8 cm³/mol. The Bertz CT molecular complexity index is 440. The molecule has 0 atom stereocenters. The van der Waals surface area contributed by atoms with Crippen molar-refractivity contribution in [3.8, 4) is 0 Å². The first kappa shape index (κ1) is 10.7. The molecular weight excluding hydrogens is 204 g/mol. The molecule has 16 heavy (non-hydrogen) atoms. The normalized spacial score (nSPS) is 16.2. The minimum Gasteiger partial charge on any atom is -0.350 e. The maximum atomic E-state index is 10.6. The van der Waals surface area contributed by atoms with Gasteiger partial charge >= 0.3 is 6.03 Å². The Morgan fingerprint density at radius 3 is 2.94 bits per heavy atom. The highest BCUT2D eigenvalue weighted by atomic mass is 16.5.